The van der Waals surface area contributed by atoms with Crippen LogP contribution in [0, 0.1) is 5.82 Å². The zero-order valence-electron chi connectivity index (χ0n) is 16.7. The van der Waals surface area contributed by atoms with Crippen molar-refractivity contribution in [3.05, 3.63) is 65.6 Å². The van der Waals surface area contributed by atoms with E-state index in [1.807, 2.05) is 35.9 Å². The molecule has 150 valence electrons. The number of halogens is 1. The van der Waals surface area contributed by atoms with Crippen LogP contribution in [-0.2, 0) is 24.2 Å². The van der Waals surface area contributed by atoms with Crippen molar-refractivity contribution < 1.29 is 9.18 Å². The molecule has 8 heteroatoms. The molecular weight excluding hydrogens is 371 g/mol. The first-order valence-corrected chi connectivity index (χ1v) is 9.54. The van der Waals surface area contributed by atoms with Crippen LogP contribution in [0.25, 0.3) is 0 Å². The zero-order chi connectivity index (χ0) is 20.5. The minimum Gasteiger partial charge on any atom is -0.346 e. The number of amides is 1. The number of aryl methyl sites for hydroxylation is 2. The summed E-state index contributed by atoms with van der Waals surface area (Å²) in [5.41, 5.74) is 2.81. The number of hydrogen-bond acceptors (Lipinski definition) is 5. The maximum Gasteiger partial charge on any atom is 0.249 e. The summed E-state index contributed by atoms with van der Waals surface area (Å²) in [6, 6.07) is 6.18. The van der Waals surface area contributed by atoms with Crippen LogP contribution in [0.1, 0.15) is 23.9 Å². The molecule has 0 saturated heterocycles. The van der Waals surface area contributed by atoms with Crippen LogP contribution in [0.3, 0.4) is 0 Å². The number of hydrogen-bond donors (Lipinski definition) is 0. The Bertz CT molecular complexity index is 1030. The second-order valence-corrected chi connectivity index (χ2v) is 7.35. The summed E-state index contributed by atoms with van der Waals surface area (Å²) < 4.78 is 14.9. The van der Waals surface area contributed by atoms with Gasteiger partial charge in [0.1, 0.15) is 23.4 Å². The largest absolute Gasteiger partial charge is 0.346 e. The predicted molar refractivity (Wildman–Crippen MR) is 108 cm³/mol. The summed E-state index contributed by atoms with van der Waals surface area (Å²) >= 11 is 0. The van der Waals surface area contributed by atoms with Gasteiger partial charge in [-0.15, -0.1) is 0 Å². The molecule has 0 aliphatic carbocycles. The van der Waals surface area contributed by atoms with E-state index in [0.29, 0.717) is 13.0 Å². The van der Waals surface area contributed by atoms with E-state index in [4.69, 9.17) is 0 Å². The van der Waals surface area contributed by atoms with Gasteiger partial charge in [0.25, 0.3) is 0 Å². The van der Waals surface area contributed by atoms with Gasteiger partial charge in [-0.1, -0.05) is 12.1 Å². The summed E-state index contributed by atoms with van der Waals surface area (Å²) in [6.45, 7) is 2.47. The molecule has 0 spiro atoms. The lowest BCUT2D eigenvalue weighted by Crippen LogP contribution is -2.49. The van der Waals surface area contributed by atoms with E-state index in [1.165, 1.54) is 12.1 Å². The van der Waals surface area contributed by atoms with Crippen molar-refractivity contribution in [3.63, 3.8) is 0 Å². The summed E-state index contributed by atoms with van der Waals surface area (Å²) in [5, 5.41) is 4.39. The lowest BCUT2D eigenvalue weighted by Gasteiger charge is -2.36. The van der Waals surface area contributed by atoms with Gasteiger partial charge < -0.3 is 9.80 Å². The average Bonchev–Trinajstić information content (AvgIpc) is 3.18. The average molecular weight is 394 g/mol. The van der Waals surface area contributed by atoms with Crippen molar-refractivity contribution in [2.75, 3.05) is 23.9 Å². The van der Waals surface area contributed by atoms with Gasteiger partial charge in [-0.2, -0.15) is 5.10 Å². The fourth-order valence-corrected chi connectivity index (χ4v) is 3.42. The van der Waals surface area contributed by atoms with Crippen LogP contribution in [0.5, 0.6) is 0 Å². The Hall–Kier alpha value is -3.29. The van der Waals surface area contributed by atoms with Crippen LogP contribution in [0.15, 0.2) is 42.9 Å². The highest BCUT2D eigenvalue weighted by Crippen LogP contribution is 2.31. The summed E-state index contributed by atoms with van der Waals surface area (Å²) in [4.78, 5) is 24.9. The number of nitrogens with zero attached hydrogens (tertiary/aromatic N) is 6. The van der Waals surface area contributed by atoms with Gasteiger partial charge in [-0.25, -0.2) is 14.4 Å². The predicted octanol–water partition coefficient (Wildman–Crippen LogP) is 2.45. The van der Waals surface area contributed by atoms with E-state index in [2.05, 4.69) is 15.1 Å². The number of carbonyl (C=O) groups is 1. The van der Waals surface area contributed by atoms with Gasteiger partial charge in [0.05, 0.1) is 18.9 Å². The molecule has 1 amide bonds. The highest BCUT2D eigenvalue weighted by Gasteiger charge is 2.32. The Morgan fingerprint density at radius 2 is 1.83 bits per heavy atom. The number of aromatic nitrogens is 4. The number of rotatable bonds is 5. The Balaban J connectivity index is 1.43. The van der Waals surface area contributed by atoms with Gasteiger partial charge in [0.15, 0.2) is 5.82 Å². The molecule has 0 radical (unpaired) electrons. The smallest absolute Gasteiger partial charge is 0.249 e. The third-order valence-corrected chi connectivity index (χ3v) is 5.35. The summed E-state index contributed by atoms with van der Waals surface area (Å²) in [6.07, 6.45) is 6.98. The molecule has 4 rings (SSSR count). The number of fused-ring (bicyclic) bond motifs is 1. The van der Waals surface area contributed by atoms with E-state index in [9.17, 15) is 9.18 Å². The molecule has 7 nitrogen and oxygen atoms in total. The molecule has 1 aliphatic heterocycles. The molecule has 2 aromatic heterocycles. The first-order chi connectivity index (χ1) is 13.9. The summed E-state index contributed by atoms with van der Waals surface area (Å²) in [5.74, 6) is 1.30. The van der Waals surface area contributed by atoms with E-state index < -0.39 is 0 Å². The maximum atomic E-state index is 13.0. The van der Waals surface area contributed by atoms with Crippen molar-refractivity contribution >= 4 is 17.4 Å². The minimum absolute atomic E-state index is 0.0323. The van der Waals surface area contributed by atoms with Crippen LogP contribution < -0.4 is 9.80 Å². The van der Waals surface area contributed by atoms with Crippen LogP contribution in [0.2, 0.25) is 0 Å². The number of likely N-dealkylation sites (N-methyl/N-ethyl adjacent to an activating group) is 2. The molecule has 3 aromatic rings. The van der Waals surface area contributed by atoms with Crippen molar-refractivity contribution in [1.82, 2.24) is 19.7 Å². The fraction of sp³-hybridized carbons (Fsp3) is 0.333. The first kappa shape index (κ1) is 19.0. The zero-order valence-corrected chi connectivity index (χ0v) is 16.7. The normalized spacial score (nSPS) is 16.3. The van der Waals surface area contributed by atoms with Gasteiger partial charge in [0, 0.05) is 26.7 Å². The molecule has 1 atom stereocenters. The summed E-state index contributed by atoms with van der Waals surface area (Å²) in [7, 11) is 3.63. The Kier molecular flexibility index (Phi) is 5.00. The van der Waals surface area contributed by atoms with E-state index in [-0.39, 0.29) is 17.8 Å². The van der Waals surface area contributed by atoms with Crippen LogP contribution in [-0.4, -0.2) is 45.8 Å². The van der Waals surface area contributed by atoms with E-state index >= 15 is 0 Å². The Labute approximate surface area is 168 Å². The molecule has 0 saturated carbocycles. The maximum absolute atomic E-state index is 13.0. The van der Waals surface area contributed by atoms with Gasteiger partial charge >= 0.3 is 0 Å². The number of benzene rings is 1. The minimum atomic E-state index is -0.250. The Morgan fingerprint density at radius 3 is 2.59 bits per heavy atom. The highest BCUT2D eigenvalue weighted by molar-refractivity contribution is 6.03. The van der Waals surface area contributed by atoms with Crippen molar-refractivity contribution in [2.45, 2.75) is 32.4 Å². The van der Waals surface area contributed by atoms with Crippen molar-refractivity contribution in [2.24, 2.45) is 0 Å². The molecule has 0 N–H and O–H groups in total. The number of anilines is 2. The molecular formula is C21H23FN6O. The second-order valence-electron chi connectivity index (χ2n) is 7.35. The molecule has 1 aliphatic rings. The molecule has 0 unspecified atom stereocenters. The SMILES string of the molecule is C[C@@H]1C(=O)N(C)c2cnc(CCc3cnn(Cc4ccc(F)cc4)c3)nc2N1C. The van der Waals surface area contributed by atoms with Crippen LogP contribution >= 0.6 is 0 Å². The van der Waals surface area contributed by atoms with Gasteiger partial charge in [0.2, 0.25) is 5.91 Å². The van der Waals surface area contributed by atoms with E-state index in [1.54, 1.807) is 30.3 Å². The molecule has 29 heavy (non-hydrogen) atoms. The molecule has 0 bridgehead atoms. The van der Waals surface area contributed by atoms with Gasteiger partial charge in [-0.3, -0.25) is 9.48 Å². The van der Waals surface area contributed by atoms with E-state index in [0.717, 1.165) is 34.9 Å². The topological polar surface area (TPSA) is 67.2 Å². The van der Waals surface area contributed by atoms with Crippen LogP contribution in [0.4, 0.5) is 15.9 Å². The Morgan fingerprint density at radius 1 is 1.07 bits per heavy atom. The molecule has 3 heterocycles. The monoisotopic (exact) mass is 394 g/mol. The lowest BCUT2D eigenvalue weighted by atomic mass is 10.1. The standard InChI is InChI=1S/C21H23FN6O/c1-14-21(29)27(3)18-11-23-19(25-20(18)26(14)2)9-6-16-10-24-28(13-16)12-15-4-7-17(22)8-5-15/h4-5,7-8,10-11,13-14H,6,9,12H2,1-3H3/t14-/m1/s1. The number of carbonyl (C=O) groups excluding carboxylic acids is 1. The third-order valence-electron chi connectivity index (χ3n) is 5.35. The van der Waals surface area contributed by atoms with Crippen molar-refractivity contribution in [3.8, 4) is 0 Å². The second kappa shape index (κ2) is 7.62. The first-order valence-electron chi connectivity index (χ1n) is 9.54. The van der Waals surface area contributed by atoms with Crippen molar-refractivity contribution in [1.29, 1.82) is 0 Å². The third kappa shape index (κ3) is 3.83. The molecule has 1 aromatic carbocycles. The molecule has 0 fully saturated rings. The fourth-order valence-electron chi connectivity index (χ4n) is 3.42. The highest BCUT2D eigenvalue weighted by atomic mass is 19.1. The van der Waals surface area contributed by atoms with Gasteiger partial charge in [-0.05, 0) is 36.6 Å². The quantitative estimate of drug-likeness (QED) is 0.665. The lowest BCUT2D eigenvalue weighted by molar-refractivity contribution is -0.119.